The third-order valence-electron chi connectivity index (χ3n) is 2.76. The van der Waals surface area contributed by atoms with Crippen LogP contribution in [0.25, 0.3) is 5.52 Å². The van der Waals surface area contributed by atoms with Crippen molar-refractivity contribution in [3.05, 3.63) is 35.9 Å². The molecule has 0 saturated carbocycles. The van der Waals surface area contributed by atoms with Crippen LogP contribution in [0.4, 0.5) is 0 Å². The first kappa shape index (κ1) is 12.8. The van der Waals surface area contributed by atoms with Crippen LogP contribution < -0.4 is 21.5 Å². The van der Waals surface area contributed by atoms with Crippen LogP contribution in [0, 0.1) is 19.3 Å². The smallest absolute Gasteiger partial charge is 0.209 e. The predicted octanol–water partition coefficient (Wildman–Crippen LogP) is -1.27. The van der Waals surface area contributed by atoms with E-state index in [2.05, 4.69) is 53.3 Å². The Kier molecular flexibility index (Phi) is 4.14. The van der Waals surface area contributed by atoms with Gasteiger partial charge in [0.15, 0.2) is 6.20 Å². The lowest BCUT2D eigenvalue weighted by atomic mass is 10.2. The summed E-state index contributed by atoms with van der Waals surface area (Å²) in [7, 11) is 0. The van der Waals surface area contributed by atoms with Crippen molar-refractivity contribution in [1.82, 2.24) is 4.40 Å². The summed E-state index contributed by atoms with van der Waals surface area (Å²) in [6.07, 6.45) is 10.5. The quantitative estimate of drug-likeness (QED) is 0.479. The number of hydrogen-bond donors (Lipinski definition) is 0. The van der Waals surface area contributed by atoms with Crippen LogP contribution in [0.3, 0.4) is 0 Å². The van der Waals surface area contributed by atoms with E-state index in [0.29, 0.717) is 6.54 Å². The molecule has 0 spiro atoms. The van der Waals surface area contributed by atoms with E-state index >= 15 is 0 Å². The summed E-state index contributed by atoms with van der Waals surface area (Å²) in [4.78, 5) is 0. The SMILES string of the molecule is C#CC[n+]1ccn2c(C)ccc2c1CC.[Br-]. The Labute approximate surface area is 107 Å². The lowest BCUT2D eigenvalue weighted by Gasteiger charge is -2.03. The number of aryl methyl sites for hydroxylation is 2. The van der Waals surface area contributed by atoms with Crippen molar-refractivity contribution in [3.8, 4) is 12.3 Å². The average molecular weight is 279 g/mol. The van der Waals surface area contributed by atoms with Crippen LogP contribution in [0.2, 0.25) is 0 Å². The number of terminal acetylenes is 1. The first-order valence-corrected chi connectivity index (χ1v) is 5.20. The van der Waals surface area contributed by atoms with Crippen molar-refractivity contribution in [2.24, 2.45) is 0 Å². The van der Waals surface area contributed by atoms with Crippen LogP contribution in [0.1, 0.15) is 18.3 Å². The standard InChI is InChI=1S/C13H15N2.BrH/c1-4-8-14-9-10-15-11(3)6-7-13(15)12(14)5-2;/h1,6-7,9-10H,5,8H2,2-3H3;1H/q+1;/p-1. The van der Waals surface area contributed by atoms with E-state index in [1.807, 2.05) is 0 Å². The van der Waals surface area contributed by atoms with E-state index in [0.717, 1.165) is 6.42 Å². The number of hydrogen-bond acceptors (Lipinski definition) is 0. The number of halogens is 1. The van der Waals surface area contributed by atoms with Gasteiger partial charge in [-0.05, 0) is 25.0 Å². The molecule has 2 nitrogen and oxygen atoms in total. The number of fused-ring (bicyclic) bond motifs is 1. The normalized spacial score (nSPS) is 9.81. The zero-order chi connectivity index (χ0) is 10.8. The van der Waals surface area contributed by atoms with E-state index in [4.69, 9.17) is 6.42 Å². The molecule has 0 aliphatic heterocycles. The Morgan fingerprint density at radius 2 is 2.19 bits per heavy atom. The summed E-state index contributed by atoms with van der Waals surface area (Å²) in [5.74, 6) is 2.68. The van der Waals surface area contributed by atoms with Gasteiger partial charge in [0.05, 0.1) is 6.20 Å². The third-order valence-corrected chi connectivity index (χ3v) is 2.76. The van der Waals surface area contributed by atoms with E-state index in [1.54, 1.807) is 0 Å². The summed E-state index contributed by atoms with van der Waals surface area (Å²) in [5.41, 5.74) is 3.81. The molecule has 16 heavy (non-hydrogen) atoms. The summed E-state index contributed by atoms with van der Waals surface area (Å²) >= 11 is 0. The number of rotatable bonds is 2. The van der Waals surface area contributed by atoms with Gasteiger partial charge in [0.1, 0.15) is 5.52 Å². The van der Waals surface area contributed by atoms with Gasteiger partial charge < -0.3 is 21.4 Å². The van der Waals surface area contributed by atoms with E-state index in [-0.39, 0.29) is 17.0 Å². The van der Waals surface area contributed by atoms with Crippen LogP contribution >= 0.6 is 0 Å². The molecule has 2 rings (SSSR count). The van der Waals surface area contributed by atoms with Gasteiger partial charge in [-0.3, -0.25) is 0 Å². The third kappa shape index (κ3) is 1.98. The van der Waals surface area contributed by atoms with Crippen molar-refractivity contribution in [2.75, 3.05) is 0 Å². The molecule has 84 valence electrons. The molecule has 0 radical (unpaired) electrons. The fraction of sp³-hybridized carbons (Fsp3) is 0.308. The van der Waals surface area contributed by atoms with Gasteiger partial charge >= 0.3 is 0 Å². The lowest BCUT2D eigenvalue weighted by molar-refractivity contribution is -0.691. The highest BCUT2D eigenvalue weighted by Crippen LogP contribution is 2.11. The summed E-state index contributed by atoms with van der Waals surface area (Å²) in [6, 6.07) is 4.29. The molecular formula is C13H15BrN2. The highest BCUT2D eigenvalue weighted by atomic mass is 79.9. The van der Waals surface area contributed by atoms with Gasteiger partial charge in [-0.25, -0.2) is 0 Å². The van der Waals surface area contributed by atoms with Crippen LogP contribution in [-0.2, 0) is 13.0 Å². The van der Waals surface area contributed by atoms with Gasteiger partial charge in [0, 0.05) is 12.1 Å². The molecule has 0 bridgehead atoms. The Morgan fingerprint density at radius 1 is 1.44 bits per heavy atom. The molecule has 2 heterocycles. The molecule has 0 saturated heterocycles. The Bertz CT molecular complexity index is 535. The van der Waals surface area contributed by atoms with E-state index in [1.165, 1.54) is 16.9 Å². The molecule has 0 unspecified atom stereocenters. The monoisotopic (exact) mass is 278 g/mol. The molecule has 0 N–H and O–H groups in total. The maximum atomic E-state index is 5.36. The molecule has 3 heteroatoms. The second-order valence-corrected chi connectivity index (χ2v) is 3.66. The fourth-order valence-corrected chi connectivity index (χ4v) is 2.00. The maximum absolute atomic E-state index is 5.36. The van der Waals surface area contributed by atoms with Gasteiger partial charge in [-0.2, -0.15) is 4.57 Å². The highest BCUT2D eigenvalue weighted by molar-refractivity contribution is 5.52. The van der Waals surface area contributed by atoms with Crippen LogP contribution in [0.5, 0.6) is 0 Å². The highest BCUT2D eigenvalue weighted by Gasteiger charge is 2.13. The van der Waals surface area contributed by atoms with Crippen LogP contribution in [0.15, 0.2) is 24.5 Å². The molecule has 0 amide bonds. The molecular weight excluding hydrogens is 264 g/mol. The molecule has 0 fully saturated rings. The average Bonchev–Trinajstić information content (AvgIpc) is 2.61. The molecule has 0 aliphatic rings. The number of nitrogens with zero attached hydrogens (tertiary/aromatic N) is 2. The van der Waals surface area contributed by atoms with Crippen LogP contribution in [-0.4, -0.2) is 4.40 Å². The molecule has 0 aliphatic carbocycles. The minimum Gasteiger partial charge on any atom is -1.00 e. The molecule has 0 atom stereocenters. The zero-order valence-electron chi connectivity index (χ0n) is 9.57. The lowest BCUT2D eigenvalue weighted by Crippen LogP contribution is -3.00. The zero-order valence-corrected chi connectivity index (χ0v) is 11.2. The minimum absolute atomic E-state index is 0. The first-order valence-electron chi connectivity index (χ1n) is 5.20. The van der Waals surface area contributed by atoms with Gasteiger partial charge in [-0.15, -0.1) is 6.42 Å². The predicted molar refractivity (Wildman–Crippen MR) is 60.5 cm³/mol. The van der Waals surface area contributed by atoms with E-state index in [9.17, 15) is 0 Å². The molecule has 0 aromatic carbocycles. The van der Waals surface area contributed by atoms with E-state index < -0.39 is 0 Å². The van der Waals surface area contributed by atoms with Gasteiger partial charge in [0.25, 0.3) is 0 Å². The van der Waals surface area contributed by atoms with Crippen molar-refractivity contribution < 1.29 is 21.5 Å². The van der Waals surface area contributed by atoms with Crippen molar-refractivity contribution >= 4 is 5.52 Å². The second kappa shape index (κ2) is 5.18. The first-order chi connectivity index (χ1) is 7.27. The van der Waals surface area contributed by atoms with Crippen molar-refractivity contribution in [3.63, 3.8) is 0 Å². The summed E-state index contributed by atoms with van der Waals surface area (Å²) < 4.78 is 4.33. The maximum Gasteiger partial charge on any atom is 0.209 e. The van der Waals surface area contributed by atoms with Crippen molar-refractivity contribution in [1.29, 1.82) is 0 Å². The largest absolute Gasteiger partial charge is 1.00 e. The number of aromatic nitrogens is 2. The Morgan fingerprint density at radius 3 is 2.81 bits per heavy atom. The fourth-order valence-electron chi connectivity index (χ4n) is 2.00. The Balaban J connectivity index is 0.00000128. The summed E-state index contributed by atoms with van der Waals surface area (Å²) in [6.45, 7) is 4.91. The topological polar surface area (TPSA) is 8.29 Å². The summed E-state index contributed by atoms with van der Waals surface area (Å²) in [5, 5.41) is 0. The molecule has 2 aromatic heterocycles. The van der Waals surface area contributed by atoms with Gasteiger partial charge in [0.2, 0.25) is 12.2 Å². The second-order valence-electron chi connectivity index (χ2n) is 3.66. The Hall–Kier alpha value is -1.27. The van der Waals surface area contributed by atoms with Gasteiger partial charge in [-0.1, -0.05) is 6.92 Å². The van der Waals surface area contributed by atoms with Crippen molar-refractivity contribution in [2.45, 2.75) is 26.8 Å². The minimum atomic E-state index is 0. The molecule has 2 aromatic rings.